The summed E-state index contributed by atoms with van der Waals surface area (Å²) in [6.45, 7) is 0.251. The third kappa shape index (κ3) is 5.02. The number of rotatable bonds is 6. The maximum absolute atomic E-state index is 12.2. The number of amides is 1. The van der Waals surface area contributed by atoms with E-state index in [0.29, 0.717) is 12.8 Å². The molecule has 0 aliphatic heterocycles. The Kier molecular flexibility index (Phi) is 6.65. The minimum absolute atomic E-state index is 0.0139. The molecule has 0 heterocycles. The zero-order valence-corrected chi connectivity index (χ0v) is 12.9. The van der Waals surface area contributed by atoms with Gasteiger partial charge in [0.25, 0.3) is 0 Å². The second-order valence-electron chi connectivity index (χ2n) is 5.82. The predicted octanol–water partition coefficient (Wildman–Crippen LogP) is 1.82. The maximum atomic E-state index is 12.2. The number of ether oxygens (including phenoxy) is 1. The standard InChI is InChI=1S/C15H25NO5/c1-16(10-7-13(18)21-2)12(17)11-15(14(19)20)8-5-3-4-6-9-15/h3-11H2,1-2H3,(H,19,20). The first-order chi connectivity index (χ1) is 9.91. The van der Waals surface area contributed by atoms with E-state index in [2.05, 4.69) is 4.74 Å². The number of nitrogens with zero attached hydrogens (tertiary/aromatic N) is 1. The van der Waals surface area contributed by atoms with Gasteiger partial charge in [-0.15, -0.1) is 0 Å². The quantitative estimate of drug-likeness (QED) is 0.597. The number of carbonyl (C=O) groups is 3. The molecular weight excluding hydrogens is 274 g/mol. The Bertz CT molecular complexity index is 386. The number of methoxy groups -OCH3 is 1. The Balaban J connectivity index is 2.63. The highest BCUT2D eigenvalue weighted by Crippen LogP contribution is 2.38. The van der Waals surface area contributed by atoms with Crippen LogP contribution < -0.4 is 0 Å². The number of hydrogen-bond donors (Lipinski definition) is 1. The van der Waals surface area contributed by atoms with Gasteiger partial charge in [0.15, 0.2) is 0 Å². The van der Waals surface area contributed by atoms with Crippen molar-refractivity contribution >= 4 is 17.8 Å². The molecule has 0 atom stereocenters. The molecule has 0 unspecified atom stereocenters. The van der Waals surface area contributed by atoms with E-state index in [-0.39, 0.29) is 31.3 Å². The Morgan fingerprint density at radius 2 is 1.71 bits per heavy atom. The first kappa shape index (κ1) is 17.5. The average Bonchev–Trinajstić information content (AvgIpc) is 2.70. The molecule has 21 heavy (non-hydrogen) atoms. The molecule has 1 rings (SSSR count). The fourth-order valence-electron chi connectivity index (χ4n) is 2.78. The summed E-state index contributed by atoms with van der Waals surface area (Å²) in [6.07, 6.45) is 5.01. The summed E-state index contributed by atoms with van der Waals surface area (Å²) in [6, 6.07) is 0. The van der Waals surface area contributed by atoms with Crippen LogP contribution in [0.25, 0.3) is 0 Å². The van der Waals surface area contributed by atoms with Crippen LogP contribution in [-0.2, 0) is 19.1 Å². The summed E-state index contributed by atoms with van der Waals surface area (Å²) in [5.74, 6) is -1.47. The van der Waals surface area contributed by atoms with Crippen molar-refractivity contribution in [1.82, 2.24) is 4.90 Å². The lowest BCUT2D eigenvalue weighted by atomic mass is 9.77. The molecule has 0 aromatic rings. The van der Waals surface area contributed by atoms with Gasteiger partial charge in [0.05, 0.1) is 18.9 Å². The van der Waals surface area contributed by atoms with Gasteiger partial charge in [-0.2, -0.15) is 0 Å². The second-order valence-corrected chi connectivity index (χ2v) is 5.82. The molecule has 0 bridgehead atoms. The smallest absolute Gasteiger partial charge is 0.310 e. The summed E-state index contributed by atoms with van der Waals surface area (Å²) >= 11 is 0. The number of carboxylic acid groups (broad SMARTS) is 1. The highest BCUT2D eigenvalue weighted by Gasteiger charge is 2.41. The van der Waals surface area contributed by atoms with Gasteiger partial charge in [-0.3, -0.25) is 14.4 Å². The van der Waals surface area contributed by atoms with E-state index in [4.69, 9.17) is 0 Å². The van der Waals surface area contributed by atoms with Gasteiger partial charge in [0, 0.05) is 20.0 Å². The SMILES string of the molecule is COC(=O)CCN(C)C(=O)CC1(C(=O)O)CCCCCC1. The van der Waals surface area contributed by atoms with Crippen molar-refractivity contribution in [2.75, 3.05) is 20.7 Å². The van der Waals surface area contributed by atoms with Crippen LogP contribution in [-0.4, -0.2) is 48.6 Å². The molecule has 0 aromatic heterocycles. The molecule has 1 aliphatic carbocycles. The molecule has 1 fully saturated rings. The van der Waals surface area contributed by atoms with Gasteiger partial charge in [-0.05, 0) is 12.8 Å². The van der Waals surface area contributed by atoms with Crippen LogP contribution in [0.2, 0.25) is 0 Å². The van der Waals surface area contributed by atoms with Gasteiger partial charge in [0.1, 0.15) is 0 Å². The Morgan fingerprint density at radius 3 is 2.19 bits per heavy atom. The molecule has 0 spiro atoms. The molecule has 1 N–H and O–H groups in total. The predicted molar refractivity (Wildman–Crippen MR) is 76.7 cm³/mol. The first-order valence-electron chi connectivity index (χ1n) is 7.45. The minimum Gasteiger partial charge on any atom is -0.481 e. The number of hydrogen-bond acceptors (Lipinski definition) is 4. The molecule has 6 nitrogen and oxygen atoms in total. The number of carbonyl (C=O) groups excluding carboxylic acids is 2. The lowest BCUT2D eigenvalue weighted by Crippen LogP contribution is -2.39. The second kappa shape index (κ2) is 8.00. The van der Waals surface area contributed by atoms with Gasteiger partial charge in [0.2, 0.25) is 5.91 Å². The van der Waals surface area contributed by atoms with E-state index in [1.54, 1.807) is 7.05 Å². The topological polar surface area (TPSA) is 83.9 Å². The molecule has 0 saturated heterocycles. The van der Waals surface area contributed by atoms with Gasteiger partial charge >= 0.3 is 11.9 Å². The van der Waals surface area contributed by atoms with E-state index in [0.717, 1.165) is 25.7 Å². The van der Waals surface area contributed by atoms with E-state index in [1.807, 2.05) is 0 Å². The Morgan fingerprint density at radius 1 is 1.14 bits per heavy atom. The molecule has 0 aromatic carbocycles. The van der Waals surface area contributed by atoms with Crippen molar-refractivity contribution in [3.05, 3.63) is 0 Å². The molecule has 0 radical (unpaired) electrons. The molecular formula is C15H25NO5. The minimum atomic E-state index is -0.937. The molecule has 1 saturated carbocycles. The number of aliphatic carboxylic acids is 1. The highest BCUT2D eigenvalue weighted by atomic mass is 16.5. The number of carboxylic acids is 1. The normalized spacial score (nSPS) is 17.6. The monoisotopic (exact) mass is 299 g/mol. The number of esters is 1. The first-order valence-corrected chi connectivity index (χ1v) is 7.45. The van der Waals surface area contributed by atoms with E-state index in [9.17, 15) is 19.5 Å². The fourth-order valence-corrected chi connectivity index (χ4v) is 2.78. The molecule has 120 valence electrons. The van der Waals surface area contributed by atoms with Gasteiger partial charge < -0.3 is 14.7 Å². The fraction of sp³-hybridized carbons (Fsp3) is 0.800. The van der Waals surface area contributed by atoms with E-state index < -0.39 is 11.4 Å². The van der Waals surface area contributed by atoms with Crippen LogP contribution in [0, 0.1) is 5.41 Å². The highest BCUT2D eigenvalue weighted by molar-refractivity contribution is 5.85. The van der Waals surface area contributed by atoms with E-state index in [1.165, 1.54) is 12.0 Å². The summed E-state index contributed by atoms with van der Waals surface area (Å²) in [5.41, 5.74) is -0.937. The van der Waals surface area contributed by atoms with Crippen molar-refractivity contribution in [3.8, 4) is 0 Å². The summed E-state index contributed by atoms with van der Waals surface area (Å²) in [7, 11) is 2.90. The van der Waals surface area contributed by atoms with Crippen molar-refractivity contribution < 1.29 is 24.2 Å². The van der Waals surface area contributed by atoms with Gasteiger partial charge in [-0.25, -0.2) is 0 Å². The molecule has 1 amide bonds. The average molecular weight is 299 g/mol. The third-order valence-electron chi connectivity index (χ3n) is 4.31. The maximum Gasteiger partial charge on any atom is 0.310 e. The lowest BCUT2D eigenvalue weighted by molar-refractivity contribution is -0.154. The summed E-state index contributed by atoms with van der Waals surface area (Å²) in [4.78, 5) is 36.4. The molecule has 1 aliphatic rings. The van der Waals surface area contributed by atoms with E-state index >= 15 is 0 Å². The van der Waals surface area contributed by atoms with Crippen LogP contribution in [0.3, 0.4) is 0 Å². The van der Waals surface area contributed by atoms with Crippen LogP contribution in [0.5, 0.6) is 0 Å². The Labute approximate surface area is 125 Å². The van der Waals surface area contributed by atoms with Crippen molar-refractivity contribution in [2.24, 2.45) is 5.41 Å². The van der Waals surface area contributed by atoms with Crippen molar-refractivity contribution in [1.29, 1.82) is 0 Å². The van der Waals surface area contributed by atoms with Crippen LogP contribution in [0.1, 0.15) is 51.4 Å². The van der Waals surface area contributed by atoms with Gasteiger partial charge in [-0.1, -0.05) is 25.7 Å². The molecule has 6 heteroatoms. The zero-order valence-electron chi connectivity index (χ0n) is 12.9. The van der Waals surface area contributed by atoms with Crippen molar-refractivity contribution in [3.63, 3.8) is 0 Å². The Hall–Kier alpha value is -1.59. The van der Waals surface area contributed by atoms with Crippen molar-refractivity contribution in [2.45, 2.75) is 51.4 Å². The van der Waals surface area contributed by atoms with Crippen LogP contribution in [0.15, 0.2) is 0 Å². The lowest BCUT2D eigenvalue weighted by Gasteiger charge is -2.29. The summed E-state index contributed by atoms with van der Waals surface area (Å²) < 4.78 is 4.53. The third-order valence-corrected chi connectivity index (χ3v) is 4.31. The zero-order chi connectivity index (χ0) is 15.9. The van der Waals surface area contributed by atoms with Crippen LogP contribution >= 0.6 is 0 Å². The largest absolute Gasteiger partial charge is 0.481 e. The summed E-state index contributed by atoms with van der Waals surface area (Å²) in [5, 5.41) is 9.56. The van der Waals surface area contributed by atoms with Crippen LogP contribution in [0.4, 0.5) is 0 Å².